The highest BCUT2D eigenvalue weighted by Gasteiger charge is 2.16. The molecular weight excluding hydrogens is 234 g/mol. The van der Waals surface area contributed by atoms with Crippen LogP contribution in [0.25, 0.3) is 0 Å². The Labute approximate surface area is 86.3 Å². The van der Waals surface area contributed by atoms with Crippen LogP contribution in [0.2, 0.25) is 0 Å². The predicted octanol–water partition coefficient (Wildman–Crippen LogP) is 3.73. The van der Waals surface area contributed by atoms with Crippen LogP contribution < -0.4 is 0 Å². The van der Waals surface area contributed by atoms with E-state index in [4.69, 9.17) is 0 Å². The molecular formula is C9H14BrNS. The predicted molar refractivity (Wildman–Crippen MR) is 58.3 cm³/mol. The van der Waals surface area contributed by atoms with Gasteiger partial charge in [-0.15, -0.1) is 11.3 Å². The van der Waals surface area contributed by atoms with Gasteiger partial charge in [-0.05, 0) is 13.3 Å². The summed E-state index contributed by atoms with van der Waals surface area (Å²) in [6, 6.07) is 0. The molecule has 0 bridgehead atoms. The van der Waals surface area contributed by atoms with E-state index in [0.717, 1.165) is 12.1 Å². The summed E-state index contributed by atoms with van der Waals surface area (Å²) in [5, 5.41) is 3.36. The Balaban J connectivity index is 2.70. The Morgan fingerprint density at radius 1 is 1.67 bits per heavy atom. The second kappa shape index (κ2) is 4.38. The van der Waals surface area contributed by atoms with Gasteiger partial charge in [-0.3, -0.25) is 0 Å². The number of rotatable bonds is 3. The Morgan fingerprint density at radius 3 is 2.75 bits per heavy atom. The van der Waals surface area contributed by atoms with Gasteiger partial charge < -0.3 is 0 Å². The highest BCUT2D eigenvalue weighted by atomic mass is 79.9. The van der Waals surface area contributed by atoms with Crippen molar-refractivity contribution in [2.75, 3.05) is 0 Å². The fourth-order valence-electron chi connectivity index (χ4n) is 1.09. The minimum Gasteiger partial charge on any atom is -0.246 e. The first-order valence-electron chi connectivity index (χ1n) is 4.21. The highest BCUT2D eigenvalue weighted by Crippen LogP contribution is 2.28. The zero-order valence-corrected chi connectivity index (χ0v) is 10.1. The van der Waals surface area contributed by atoms with Gasteiger partial charge in [-0.25, -0.2) is 4.98 Å². The molecule has 3 heteroatoms. The summed E-state index contributed by atoms with van der Waals surface area (Å²) in [7, 11) is 0. The van der Waals surface area contributed by atoms with E-state index in [1.165, 1.54) is 5.01 Å². The second-order valence-electron chi connectivity index (χ2n) is 3.04. The molecule has 0 aliphatic heterocycles. The largest absolute Gasteiger partial charge is 0.246 e. The van der Waals surface area contributed by atoms with E-state index in [-0.39, 0.29) is 0 Å². The normalized spacial score (nSPS) is 16.0. The van der Waals surface area contributed by atoms with Gasteiger partial charge in [0.05, 0.1) is 5.01 Å². The van der Waals surface area contributed by atoms with Crippen molar-refractivity contribution in [1.82, 2.24) is 4.98 Å². The first kappa shape index (κ1) is 10.2. The van der Waals surface area contributed by atoms with Crippen LogP contribution >= 0.6 is 27.3 Å². The SMILES string of the molecule is CCC(Br)C(C)c1nc(C)cs1. The van der Waals surface area contributed by atoms with Gasteiger partial charge in [0.2, 0.25) is 0 Å². The van der Waals surface area contributed by atoms with Gasteiger partial charge in [-0.2, -0.15) is 0 Å². The third-order valence-corrected chi connectivity index (χ3v) is 4.56. The number of alkyl halides is 1. The maximum Gasteiger partial charge on any atom is 0.0967 e. The number of hydrogen-bond donors (Lipinski definition) is 0. The Bertz CT molecular complexity index is 246. The van der Waals surface area contributed by atoms with Crippen molar-refractivity contribution in [3.8, 4) is 0 Å². The number of aromatic nitrogens is 1. The molecule has 0 aliphatic rings. The number of hydrogen-bond acceptors (Lipinski definition) is 2. The van der Waals surface area contributed by atoms with Crippen LogP contribution in [0.1, 0.15) is 36.9 Å². The molecule has 1 aromatic rings. The van der Waals surface area contributed by atoms with Gasteiger partial charge in [0, 0.05) is 21.8 Å². The average molecular weight is 248 g/mol. The summed E-state index contributed by atoms with van der Waals surface area (Å²) in [4.78, 5) is 5.03. The molecule has 0 N–H and O–H groups in total. The zero-order valence-electron chi connectivity index (χ0n) is 7.67. The van der Waals surface area contributed by atoms with Crippen LogP contribution in [0.5, 0.6) is 0 Å². The van der Waals surface area contributed by atoms with E-state index < -0.39 is 0 Å². The lowest BCUT2D eigenvalue weighted by molar-refractivity contribution is 0.688. The topological polar surface area (TPSA) is 12.9 Å². The lowest BCUT2D eigenvalue weighted by atomic mass is 10.1. The minimum atomic E-state index is 0.536. The van der Waals surface area contributed by atoms with Crippen molar-refractivity contribution < 1.29 is 0 Å². The molecule has 12 heavy (non-hydrogen) atoms. The minimum absolute atomic E-state index is 0.536. The summed E-state index contributed by atoms with van der Waals surface area (Å²) in [6.45, 7) is 6.46. The quantitative estimate of drug-likeness (QED) is 0.743. The van der Waals surface area contributed by atoms with E-state index in [9.17, 15) is 0 Å². The third kappa shape index (κ3) is 2.30. The Kier molecular flexibility index (Phi) is 3.72. The smallest absolute Gasteiger partial charge is 0.0967 e. The number of halogens is 1. The maximum atomic E-state index is 4.47. The van der Waals surface area contributed by atoms with Gasteiger partial charge in [0.1, 0.15) is 0 Å². The molecule has 1 nitrogen and oxygen atoms in total. The Morgan fingerprint density at radius 2 is 2.33 bits per heavy atom. The van der Waals surface area contributed by atoms with Crippen LogP contribution in [-0.2, 0) is 0 Å². The molecule has 68 valence electrons. The van der Waals surface area contributed by atoms with E-state index in [2.05, 4.69) is 40.1 Å². The number of aryl methyl sites for hydroxylation is 1. The third-order valence-electron chi connectivity index (χ3n) is 1.96. The van der Waals surface area contributed by atoms with Crippen LogP contribution in [0.3, 0.4) is 0 Å². The molecule has 0 spiro atoms. The van der Waals surface area contributed by atoms with Crippen molar-refractivity contribution in [2.45, 2.75) is 37.9 Å². The molecule has 1 aromatic heterocycles. The molecule has 0 saturated carbocycles. The summed E-state index contributed by atoms with van der Waals surface area (Å²) in [6.07, 6.45) is 1.15. The summed E-state index contributed by atoms with van der Waals surface area (Å²) < 4.78 is 0. The molecule has 0 radical (unpaired) electrons. The van der Waals surface area contributed by atoms with Crippen molar-refractivity contribution >= 4 is 27.3 Å². The first-order chi connectivity index (χ1) is 5.65. The van der Waals surface area contributed by atoms with E-state index in [1.54, 1.807) is 11.3 Å². The van der Waals surface area contributed by atoms with Crippen LogP contribution in [0.4, 0.5) is 0 Å². The molecule has 2 atom stereocenters. The van der Waals surface area contributed by atoms with Crippen molar-refractivity contribution in [2.24, 2.45) is 0 Å². The lowest BCUT2D eigenvalue weighted by Gasteiger charge is -2.13. The monoisotopic (exact) mass is 247 g/mol. The van der Waals surface area contributed by atoms with E-state index in [0.29, 0.717) is 10.7 Å². The second-order valence-corrected chi connectivity index (χ2v) is 5.11. The van der Waals surface area contributed by atoms with Crippen molar-refractivity contribution in [3.05, 3.63) is 16.1 Å². The number of thiazole rings is 1. The molecule has 0 saturated heterocycles. The van der Waals surface area contributed by atoms with Gasteiger partial charge in [-0.1, -0.05) is 29.8 Å². The number of nitrogens with zero attached hydrogens (tertiary/aromatic N) is 1. The summed E-state index contributed by atoms with van der Waals surface area (Å²) >= 11 is 5.42. The molecule has 1 rings (SSSR count). The fourth-order valence-corrected chi connectivity index (χ4v) is 2.43. The molecule has 2 unspecified atom stereocenters. The first-order valence-corrected chi connectivity index (χ1v) is 6.00. The van der Waals surface area contributed by atoms with E-state index in [1.807, 2.05) is 6.92 Å². The fraction of sp³-hybridized carbons (Fsp3) is 0.667. The Hall–Kier alpha value is 0.110. The molecule has 0 aromatic carbocycles. The standard InChI is InChI=1S/C9H14BrNS/c1-4-8(10)7(3)9-11-6(2)5-12-9/h5,7-8H,4H2,1-3H3. The maximum absolute atomic E-state index is 4.47. The molecule has 0 amide bonds. The van der Waals surface area contributed by atoms with Gasteiger partial charge in [0.25, 0.3) is 0 Å². The van der Waals surface area contributed by atoms with E-state index >= 15 is 0 Å². The van der Waals surface area contributed by atoms with Crippen LogP contribution in [0, 0.1) is 6.92 Å². The van der Waals surface area contributed by atoms with Gasteiger partial charge >= 0.3 is 0 Å². The molecule has 0 aliphatic carbocycles. The highest BCUT2D eigenvalue weighted by molar-refractivity contribution is 9.09. The van der Waals surface area contributed by atoms with Crippen LogP contribution in [0.15, 0.2) is 5.38 Å². The average Bonchev–Trinajstić information content (AvgIpc) is 2.49. The van der Waals surface area contributed by atoms with Crippen LogP contribution in [-0.4, -0.2) is 9.81 Å². The van der Waals surface area contributed by atoms with Crippen molar-refractivity contribution in [1.29, 1.82) is 0 Å². The summed E-state index contributed by atoms with van der Waals surface area (Å²) in [5.41, 5.74) is 1.14. The van der Waals surface area contributed by atoms with Gasteiger partial charge in [0.15, 0.2) is 0 Å². The molecule has 1 heterocycles. The zero-order chi connectivity index (χ0) is 9.14. The van der Waals surface area contributed by atoms with Crippen molar-refractivity contribution in [3.63, 3.8) is 0 Å². The molecule has 0 fully saturated rings. The lowest BCUT2D eigenvalue weighted by Crippen LogP contribution is -2.07. The summed E-state index contributed by atoms with van der Waals surface area (Å²) in [5.74, 6) is 0.536.